The molecule has 4 saturated carbocycles. The average molecular weight is 1530 g/mol. The van der Waals surface area contributed by atoms with Crippen LogP contribution in [0, 0.1) is 101 Å². The van der Waals surface area contributed by atoms with Crippen LogP contribution in [0.3, 0.4) is 0 Å². The van der Waals surface area contributed by atoms with Gasteiger partial charge in [0.2, 0.25) is 0 Å². The van der Waals surface area contributed by atoms with Crippen LogP contribution in [0.4, 0.5) is 0 Å². The van der Waals surface area contributed by atoms with Crippen molar-refractivity contribution < 1.29 is 41.7 Å². The van der Waals surface area contributed by atoms with Crippen molar-refractivity contribution in [3.05, 3.63) is 271 Å². The number of hydrogen-bond donors (Lipinski definition) is 0. The topological polar surface area (TPSA) is 0 Å². The molecule has 4 fully saturated rings. The van der Waals surface area contributed by atoms with Gasteiger partial charge in [-0.2, -0.15) is 0 Å². The van der Waals surface area contributed by atoms with Crippen LogP contribution >= 0.6 is 34.1 Å². The van der Waals surface area contributed by atoms with E-state index in [1.165, 1.54) is 77.6 Å². The summed E-state index contributed by atoms with van der Waals surface area (Å²) in [5, 5.41) is 0. The normalized spacial score (nSPS) is 30.0. The van der Waals surface area contributed by atoms with E-state index in [-0.39, 0.29) is 40.5 Å². The third-order valence-corrected chi connectivity index (χ3v) is 36.3. The molecule has 4 aromatic rings. The van der Waals surface area contributed by atoms with Crippen LogP contribution in [0.15, 0.2) is 207 Å². The third kappa shape index (κ3) is 17.7. The zero-order valence-corrected chi connectivity index (χ0v) is 70.2. The Balaban J connectivity index is 0.000000306. The second-order valence-corrected chi connectivity index (χ2v) is 48.1. The number of rotatable bonds is 14. The molecule has 12 rings (SSSR count). The molecule has 0 heterocycles. The van der Waals surface area contributed by atoms with Gasteiger partial charge < -0.3 is 29.7 Å². The molecular formula is C86H116Cl4Si2Zr2. The van der Waals surface area contributed by atoms with Crippen LogP contribution < -0.4 is 0 Å². The second kappa shape index (κ2) is 36.3. The first-order chi connectivity index (χ1) is 43.1. The SMILES string of the molecule is C=CCC[Si](C)(C1C(C)CC2C(c3ccc(C(C)(C)C)cc3)=CC=CC21)C1C(C)CC2C(c3ccc(C(C)(C)C)cc3)=CC=CC21.C=CCC[Si](C)(C1C(C)CC2C(c3ccccc3)=CC=CC21)C1C(C)CC2C(c3ccccc3)=CC=CC21.[CH3-].[CH3-].[CH3-].[CH3-].[Cl][Zr+2][Cl].[Cl][Zr+2][Cl]. The molecule has 8 heteroatoms. The molecular weight excluding hydrogens is 1410 g/mol. The maximum atomic E-state index is 4.93. The molecule has 8 aliphatic carbocycles. The second-order valence-electron chi connectivity index (χ2n) is 30.9. The molecule has 94 heavy (non-hydrogen) atoms. The molecule has 0 nitrogen and oxygen atoms in total. The Morgan fingerprint density at radius 2 is 0.617 bits per heavy atom. The van der Waals surface area contributed by atoms with Gasteiger partial charge in [0.05, 0.1) is 16.1 Å². The van der Waals surface area contributed by atoms with Gasteiger partial charge in [-0.15, -0.1) is 13.2 Å². The van der Waals surface area contributed by atoms with Gasteiger partial charge >= 0.3 is 75.7 Å². The Morgan fingerprint density at radius 3 is 0.830 bits per heavy atom. The number of fused-ring (bicyclic) bond motifs is 4. The van der Waals surface area contributed by atoms with E-state index in [4.69, 9.17) is 34.1 Å². The molecule has 504 valence electrons. The summed E-state index contributed by atoms with van der Waals surface area (Å²) in [5.74, 6) is 8.26. The van der Waals surface area contributed by atoms with Crippen LogP contribution in [0.25, 0.3) is 22.3 Å². The van der Waals surface area contributed by atoms with Crippen LogP contribution in [0.2, 0.25) is 47.3 Å². The van der Waals surface area contributed by atoms with Gasteiger partial charge in [-0.3, -0.25) is 0 Å². The molecule has 0 amide bonds. The molecule has 4 aromatic carbocycles. The molecule has 16 unspecified atom stereocenters. The van der Waals surface area contributed by atoms with Crippen molar-refractivity contribution >= 4 is 72.5 Å². The summed E-state index contributed by atoms with van der Waals surface area (Å²) < 4.78 is 0. The van der Waals surface area contributed by atoms with Gasteiger partial charge in [-0.1, -0.05) is 289 Å². The molecule has 0 N–H and O–H groups in total. The summed E-state index contributed by atoms with van der Waals surface area (Å²) in [5.41, 5.74) is 18.5. The molecule has 0 saturated heterocycles. The van der Waals surface area contributed by atoms with Crippen LogP contribution in [-0.4, -0.2) is 16.1 Å². The van der Waals surface area contributed by atoms with Gasteiger partial charge in [0.25, 0.3) is 0 Å². The number of allylic oxidation sites excluding steroid dienone is 18. The van der Waals surface area contributed by atoms with Gasteiger partial charge in [-0.25, -0.2) is 0 Å². The Kier molecular flexibility index (Phi) is 31.8. The predicted octanol–water partition coefficient (Wildman–Crippen LogP) is 27.6. The summed E-state index contributed by atoms with van der Waals surface area (Å²) in [6.45, 7) is 38.4. The van der Waals surface area contributed by atoms with E-state index in [9.17, 15) is 0 Å². The van der Waals surface area contributed by atoms with Crippen molar-refractivity contribution in [2.75, 3.05) is 0 Å². The minimum atomic E-state index is -1.80. The first kappa shape index (κ1) is 82.3. The molecule has 8 aliphatic rings. The molecule has 0 spiro atoms. The van der Waals surface area contributed by atoms with Gasteiger partial charge in [-0.05, 0) is 198 Å². The van der Waals surface area contributed by atoms with Crippen molar-refractivity contribution in [2.45, 2.75) is 166 Å². The standard InChI is InChI=1S/C45H60Si.C37H44Si.4CH3.4ClH.2Zr/c1-11-12-27-46(10,42-30(2)28-40-36(15-13-17-38(40)42)32-19-23-34(24-20-32)44(4,5)6)43-31(3)29-41-37(16-14-18-39(41)43)33-21-25-35(26-22-33)45(7,8)9;1-5-6-23-38(4,36-26(2)24-34-30(19-13-21-32(34)36)28-15-9-7-10-16-28)37-27(3)25-35-31(20-14-22-33(35)37)29-17-11-8-12-18-29;;;;;;;;;;/h11,13-26,30-31,38-43H,1,12,27-29H2,2-10H3;5,7-22,26-27,32-37H,1,6,23-25H2,2-4H3;4*1H3;4*1H;;/q;;4*-1;;;;;2*+4/p-4. The Hall–Kier alpha value is -2.36. The molecule has 16 atom stereocenters. The number of hydrogen-bond acceptors (Lipinski definition) is 0. The first-order valence-electron chi connectivity index (χ1n) is 34.1. The van der Waals surface area contributed by atoms with Gasteiger partial charge in [0.15, 0.2) is 0 Å². The minimum absolute atomic E-state index is 0. The summed E-state index contributed by atoms with van der Waals surface area (Å²) in [6.07, 6.45) is 41.9. The van der Waals surface area contributed by atoms with E-state index in [0.29, 0.717) is 47.3 Å². The monoisotopic (exact) mass is 1520 g/mol. The molecule has 0 bridgehead atoms. The quantitative estimate of drug-likeness (QED) is 0.0671. The van der Waals surface area contributed by atoms with Crippen molar-refractivity contribution in [2.24, 2.45) is 71.0 Å². The van der Waals surface area contributed by atoms with Crippen LogP contribution in [-0.2, 0) is 52.5 Å². The van der Waals surface area contributed by atoms with E-state index in [1.54, 1.807) is 22.3 Å². The third-order valence-electron chi connectivity index (χ3n) is 23.7. The Bertz CT molecular complexity index is 3100. The van der Waals surface area contributed by atoms with Crippen molar-refractivity contribution in [1.82, 2.24) is 0 Å². The van der Waals surface area contributed by atoms with Crippen molar-refractivity contribution in [3.8, 4) is 0 Å². The number of benzene rings is 4. The summed E-state index contributed by atoms with van der Waals surface area (Å²) in [7, 11) is 16.2. The summed E-state index contributed by atoms with van der Waals surface area (Å²) in [4.78, 5) is 0. The zero-order chi connectivity index (χ0) is 64.7. The van der Waals surface area contributed by atoms with Gasteiger partial charge in [0, 0.05) is 0 Å². The van der Waals surface area contributed by atoms with Gasteiger partial charge in [0.1, 0.15) is 0 Å². The van der Waals surface area contributed by atoms with Crippen molar-refractivity contribution in [1.29, 1.82) is 0 Å². The summed E-state index contributed by atoms with van der Waals surface area (Å²) >= 11 is -1.65. The fourth-order valence-electron chi connectivity index (χ4n) is 20.5. The molecule has 0 radical (unpaired) electrons. The average Bonchev–Trinajstić information content (AvgIpc) is 1.56. The maximum absolute atomic E-state index is 4.93. The zero-order valence-electron chi connectivity index (χ0n) is 60.3. The van der Waals surface area contributed by atoms with Crippen molar-refractivity contribution in [3.63, 3.8) is 0 Å². The predicted molar refractivity (Wildman–Crippen MR) is 421 cm³/mol. The summed E-state index contributed by atoms with van der Waals surface area (Å²) in [6, 6.07) is 44.3. The first-order valence-corrected chi connectivity index (χ1v) is 52.5. The van der Waals surface area contributed by atoms with Crippen LogP contribution in [0.5, 0.6) is 0 Å². The van der Waals surface area contributed by atoms with E-state index >= 15 is 0 Å². The van der Waals surface area contributed by atoms with Crippen LogP contribution in [0.1, 0.15) is 141 Å². The Labute approximate surface area is 615 Å². The Morgan fingerprint density at radius 1 is 0.394 bits per heavy atom. The van der Waals surface area contributed by atoms with E-state index < -0.39 is 57.8 Å². The fraction of sp³-hybridized carbons (Fsp3) is 0.442. The van der Waals surface area contributed by atoms with E-state index in [2.05, 4.69) is 290 Å². The molecule has 0 aliphatic heterocycles. The van der Waals surface area contributed by atoms with E-state index in [1.807, 2.05) is 0 Å². The fourth-order valence-corrected chi connectivity index (χ4v) is 35.0. The number of halogens is 4. The molecule has 0 aromatic heterocycles. The van der Waals surface area contributed by atoms with E-state index in [0.717, 1.165) is 52.3 Å².